The Kier molecular flexibility index (Phi) is 1.13. The Morgan fingerprint density at radius 1 is 1.40 bits per heavy atom. The summed E-state index contributed by atoms with van der Waals surface area (Å²) in [7, 11) is 0. The van der Waals surface area contributed by atoms with Gasteiger partial charge in [0.05, 0.1) is 11.8 Å². The molecular weight excluding hydrogens is 128 g/mol. The third-order valence-corrected chi connectivity index (χ3v) is 1.85. The number of ketones is 1. The first kappa shape index (κ1) is 5.71. The van der Waals surface area contributed by atoms with Crippen molar-refractivity contribution in [1.82, 2.24) is 0 Å². The smallest absolute Gasteiger partial charge is 0.166 e. The first-order valence-electron chi connectivity index (χ1n) is 3.47. The van der Waals surface area contributed by atoms with Crippen LogP contribution in [0.4, 0.5) is 0 Å². The lowest BCUT2D eigenvalue weighted by atomic mass is 9.98. The molecule has 2 heteroatoms. The van der Waals surface area contributed by atoms with Gasteiger partial charge in [-0.1, -0.05) is 0 Å². The average Bonchev–Trinajstić information content (AvgIpc) is 2.36. The summed E-state index contributed by atoms with van der Waals surface area (Å²) in [4.78, 5) is 11.1. The van der Waals surface area contributed by atoms with Crippen molar-refractivity contribution in [2.24, 2.45) is 0 Å². The SMILES string of the molecule is O=C1CCCc2occc21. The number of aryl methyl sites for hydroxylation is 1. The summed E-state index contributed by atoms with van der Waals surface area (Å²) in [5.74, 6) is 1.10. The topological polar surface area (TPSA) is 30.2 Å². The normalized spacial score (nSPS) is 17.0. The van der Waals surface area contributed by atoms with E-state index in [-0.39, 0.29) is 5.78 Å². The van der Waals surface area contributed by atoms with E-state index in [1.807, 2.05) is 0 Å². The Labute approximate surface area is 58.8 Å². The van der Waals surface area contributed by atoms with Crippen LogP contribution in [0.3, 0.4) is 0 Å². The molecule has 0 aromatic carbocycles. The van der Waals surface area contributed by atoms with Gasteiger partial charge in [0, 0.05) is 12.8 Å². The molecule has 1 heterocycles. The van der Waals surface area contributed by atoms with Crippen LogP contribution in [0, 0.1) is 0 Å². The van der Waals surface area contributed by atoms with E-state index >= 15 is 0 Å². The van der Waals surface area contributed by atoms with Crippen LogP contribution in [0.1, 0.15) is 29.0 Å². The van der Waals surface area contributed by atoms with Gasteiger partial charge in [-0.15, -0.1) is 0 Å². The number of fused-ring (bicyclic) bond motifs is 1. The second kappa shape index (κ2) is 1.97. The molecule has 0 N–H and O–H groups in total. The molecule has 10 heavy (non-hydrogen) atoms. The van der Waals surface area contributed by atoms with Gasteiger partial charge in [-0.2, -0.15) is 0 Å². The maximum absolute atomic E-state index is 11.1. The van der Waals surface area contributed by atoms with Crippen molar-refractivity contribution in [2.75, 3.05) is 0 Å². The van der Waals surface area contributed by atoms with Crippen LogP contribution in [0.25, 0.3) is 0 Å². The fraction of sp³-hybridized carbons (Fsp3) is 0.375. The lowest BCUT2D eigenvalue weighted by Gasteiger charge is -2.06. The fourth-order valence-electron chi connectivity index (χ4n) is 1.33. The molecular formula is C8H8O2. The Morgan fingerprint density at radius 3 is 3.10 bits per heavy atom. The molecule has 0 unspecified atom stereocenters. The van der Waals surface area contributed by atoms with Crippen molar-refractivity contribution in [1.29, 1.82) is 0 Å². The van der Waals surface area contributed by atoms with Crippen LogP contribution >= 0.6 is 0 Å². The van der Waals surface area contributed by atoms with Crippen molar-refractivity contribution in [3.8, 4) is 0 Å². The summed E-state index contributed by atoms with van der Waals surface area (Å²) in [5, 5.41) is 0. The van der Waals surface area contributed by atoms with Crippen LogP contribution in [-0.4, -0.2) is 5.78 Å². The Morgan fingerprint density at radius 2 is 2.30 bits per heavy atom. The van der Waals surface area contributed by atoms with Crippen molar-refractivity contribution in [3.63, 3.8) is 0 Å². The molecule has 52 valence electrons. The minimum atomic E-state index is 0.231. The number of hydrogen-bond acceptors (Lipinski definition) is 2. The highest BCUT2D eigenvalue weighted by Gasteiger charge is 2.18. The van der Waals surface area contributed by atoms with Gasteiger partial charge in [-0.05, 0) is 12.5 Å². The van der Waals surface area contributed by atoms with Gasteiger partial charge in [-0.25, -0.2) is 0 Å². The van der Waals surface area contributed by atoms with E-state index < -0.39 is 0 Å². The Hall–Kier alpha value is -1.05. The summed E-state index contributed by atoms with van der Waals surface area (Å²) >= 11 is 0. The lowest BCUT2D eigenvalue weighted by Crippen LogP contribution is -2.07. The van der Waals surface area contributed by atoms with Gasteiger partial charge in [0.15, 0.2) is 5.78 Å². The zero-order chi connectivity index (χ0) is 6.97. The zero-order valence-electron chi connectivity index (χ0n) is 5.59. The predicted octanol–water partition coefficient (Wildman–Crippen LogP) is 1.80. The second-order valence-electron chi connectivity index (χ2n) is 2.53. The van der Waals surface area contributed by atoms with Crippen molar-refractivity contribution in [2.45, 2.75) is 19.3 Å². The van der Waals surface area contributed by atoms with E-state index in [4.69, 9.17) is 4.42 Å². The largest absolute Gasteiger partial charge is 0.469 e. The molecule has 1 aliphatic carbocycles. The molecule has 1 aromatic heterocycles. The fourth-order valence-corrected chi connectivity index (χ4v) is 1.33. The maximum atomic E-state index is 11.1. The van der Waals surface area contributed by atoms with Gasteiger partial charge in [0.2, 0.25) is 0 Å². The van der Waals surface area contributed by atoms with Crippen LogP contribution in [-0.2, 0) is 6.42 Å². The maximum Gasteiger partial charge on any atom is 0.166 e. The first-order valence-corrected chi connectivity index (χ1v) is 3.47. The number of Topliss-reactive ketones (excluding diaryl/α,β-unsaturated/α-hetero) is 1. The third kappa shape index (κ3) is 0.685. The summed E-state index contributed by atoms with van der Waals surface area (Å²) in [6.45, 7) is 0. The molecule has 0 atom stereocenters. The highest BCUT2D eigenvalue weighted by atomic mass is 16.3. The predicted molar refractivity (Wildman–Crippen MR) is 36.0 cm³/mol. The Balaban J connectivity index is 2.50. The quantitative estimate of drug-likeness (QED) is 0.544. The molecule has 0 saturated carbocycles. The Bertz CT molecular complexity index is 260. The van der Waals surface area contributed by atoms with Gasteiger partial charge in [0.1, 0.15) is 5.76 Å². The number of rotatable bonds is 0. The van der Waals surface area contributed by atoms with Crippen molar-refractivity contribution < 1.29 is 9.21 Å². The molecule has 0 radical (unpaired) electrons. The van der Waals surface area contributed by atoms with Crippen LogP contribution in [0.5, 0.6) is 0 Å². The number of carbonyl (C=O) groups excluding carboxylic acids is 1. The molecule has 2 rings (SSSR count). The molecule has 1 aliphatic rings. The highest BCUT2D eigenvalue weighted by Crippen LogP contribution is 2.21. The van der Waals surface area contributed by atoms with Crippen LogP contribution in [0.2, 0.25) is 0 Å². The summed E-state index contributed by atoms with van der Waals surface area (Å²) in [5.41, 5.74) is 0.797. The van der Waals surface area contributed by atoms with E-state index in [2.05, 4.69) is 0 Å². The van der Waals surface area contributed by atoms with E-state index in [1.54, 1.807) is 12.3 Å². The van der Waals surface area contributed by atoms with Gasteiger partial charge >= 0.3 is 0 Å². The molecule has 2 nitrogen and oxygen atoms in total. The molecule has 0 spiro atoms. The van der Waals surface area contributed by atoms with E-state index in [1.165, 1.54) is 0 Å². The molecule has 0 amide bonds. The van der Waals surface area contributed by atoms with Crippen molar-refractivity contribution in [3.05, 3.63) is 23.7 Å². The van der Waals surface area contributed by atoms with Crippen LogP contribution in [0.15, 0.2) is 16.7 Å². The van der Waals surface area contributed by atoms with Gasteiger partial charge < -0.3 is 4.42 Å². The summed E-state index contributed by atoms with van der Waals surface area (Å²) < 4.78 is 5.11. The monoisotopic (exact) mass is 136 g/mol. The third-order valence-electron chi connectivity index (χ3n) is 1.85. The molecule has 1 aromatic rings. The average molecular weight is 136 g/mol. The molecule has 0 fully saturated rings. The molecule has 0 aliphatic heterocycles. The van der Waals surface area contributed by atoms with Crippen molar-refractivity contribution >= 4 is 5.78 Å². The summed E-state index contributed by atoms with van der Waals surface area (Å²) in [6.07, 6.45) is 4.15. The standard InChI is InChI=1S/C8H8O2/c9-7-2-1-3-8-6(7)4-5-10-8/h4-5H,1-3H2. The van der Waals surface area contributed by atoms with Gasteiger partial charge in [-0.3, -0.25) is 4.79 Å². The number of hydrogen-bond donors (Lipinski definition) is 0. The lowest BCUT2D eigenvalue weighted by molar-refractivity contribution is 0.0969. The van der Waals surface area contributed by atoms with E-state index in [0.29, 0.717) is 6.42 Å². The van der Waals surface area contributed by atoms with Gasteiger partial charge in [0.25, 0.3) is 0 Å². The highest BCUT2D eigenvalue weighted by molar-refractivity contribution is 5.97. The van der Waals surface area contributed by atoms with Crippen LogP contribution < -0.4 is 0 Å². The number of carbonyl (C=O) groups is 1. The number of furan rings is 1. The molecule has 0 bridgehead atoms. The zero-order valence-corrected chi connectivity index (χ0v) is 5.59. The second-order valence-corrected chi connectivity index (χ2v) is 2.53. The summed E-state index contributed by atoms with van der Waals surface area (Å²) in [6, 6.07) is 1.76. The molecule has 0 saturated heterocycles. The van der Waals surface area contributed by atoms with E-state index in [0.717, 1.165) is 24.2 Å². The first-order chi connectivity index (χ1) is 4.88. The minimum absolute atomic E-state index is 0.231. The minimum Gasteiger partial charge on any atom is -0.469 e. The van der Waals surface area contributed by atoms with E-state index in [9.17, 15) is 4.79 Å².